The van der Waals surface area contributed by atoms with Crippen LogP contribution in [0.4, 0.5) is 15.9 Å². The standard InChI is InChI=1S/C31H23ClFN5O/c32-28-16-26(5-7-30(28)39-19-22-2-1-3-25(33)14-22)37-31-27-15-23(4-6-29(27)35-20-36-31)24-10-13-38(18-24)17-21-8-11-34-12-9-21/h1-16,18,20H,17,19H2,(H,35,36,37). The Morgan fingerprint density at radius 3 is 2.62 bits per heavy atom. The maximum atomic E-state index is 13.4. The summed E-state index contributed by atoms with van der Waals surface area (Å²) < 4.78 is 21.4. The van der Waals surface area contributed by atoms with Crippen molar-refractivity contribution in [3.05, 3.63) is 132 Å². The zero-order valence-electron chi connectivity index (χ0n) is 20.8. The fraction of sp³-hybridized carbons (Fsp3) is 0.0645. The van der Waals surface area contributed by atoms with E-state index in [4.69, 9.17) is 16.3 Å². The summed E-state index contributed by atoms with van der Waals surface area (Å²) in [6, 6.07) is 24.0. The summed E-state index contributed by atoms with van der Waals surface area (Å²) in [6.07, 6.45) is 9.34. The van der Waals surface area contributed by atoms with E-state index in [0.29, 0.717) is 16.6 Å². The predicted molar refractivity (Wildman–Crippen MR) is 152 cm³/mol. The second-order valence-electron chi connectivity index (χ2n) is 9.07. The van der Waals surface area contributed by atoms with Gasteiger partial charge >= 0.3 is 0 Å². The summed E-state index contributed by atoms with van der Waals surface area (Å²) in [4.78, 5) is 13.0. The second kappa shape index (κ2) is 10.9. The molecule has 6 aromatic rings. The number of pyridine rings is 1. The molecule has 0 aliphatic carbocycles. The van der Waals surface area contributed by atoms with Crippen LogP contribution in [0.5, 0.6) is 5.75 Å². The number of hydrogen-bond donors (Lipinski definition) is 1. The highest BCUT2D eigenvalue weighted by Crippen LogP contribution is 2.32. The quantitative estimate of drug-likeness (QED) is 0.217. The SMILES string of the molecule is Fc1cccc(COc2ccc(Nc3ncnc4ccc(-c5ccn(Cc6ccncc6)c5)cc34)cc2Cl)c1. The van der Waals surface area contributed by atoms with Gasteiger partial charge in [-0.25, -0.2) is 14.4 Å². The fourth-order valence-corrected chi connectivity index (χ4v) is 4.60. The summed E-state index contributed by atoms with van der Waals surface area (Å²) in [7, 11) is 0. The lowest BCUT2D eigenvalue weighted by molar-refractivity contribution is 0.306. The van der Waals surface area contributed by atoms with Crippen LogP contribution in [-0.4, -0.2) is 19.5 Å². The number of hydrogen-bond acceptors (Lipinski definition) is 5. The monoisotopic (exact) mass is 535 g/mol. The fourth-order valence-electron chi connectivity index (χ4n) is 4.36. The predicted octanol–water partition coefficient (Wildman–Crippen LogP) is 7.66. The first-order chi connectivity index (χ1) is 19.1. The van der Waals surface area contributed by atoms with Crippen LogP contribution in [-0.2, 0) is 13.2 Å². The average molecular weight is 536 g/mol. The van der Waals surface area contributed by atoms with Gasteiger partial charge in [0.1, 0.15) is 30.3 Å². The Morgan fingerprint density at radius 1 is 0.872 bits per heavy atom. The molecule has 0 spiro atoms. The van der Waals surface area contributed by atoms with Crippen molar-refractivity contribution in [1.29, 1.82) is 0 Å². The van der Waals surface area contributed by atoms with Gasteiger partial charge in [0.25, 0.3) is 0 Å². The Kier molecular flexibility index (Phi) is 6.89. The number of halogens is 2. The van der Waals surface area contributed by atoms with Crippen molar-refractivity contribution >= 4 is 34.0 Å². The number of nitrogens with one attached hydrogen (secondary N) is 1. The molecule has 3 heterocycles. The van der Waals surface area contributed by atoms with Gasteiger partial charge in [-0.05, 0) is 82.9 Å². The maximum absolute atomic E-state index is 13.4. The van der Waals surface area contributed by atoms with Crippen molar-refractivity contribution in [3.8, 4) is 16.9 Å². The van der Waals surface area contributed by atoms with Crippen LogP contribution >= 0.6 is 11.6 Å². The highest BCUT2D eigenvalue weighted by Gasteiger charge is 2.10. The van der Waals surface area contributed by atoms with E-state index < -0.39 is 0 Å². The first-order valence-corrected chi connectivity index (χ1v) is 12.7. The van der Waals surface area contributed by atoms with Crippen molar-refractivity contribution < 1.29 is 9.13 Å². The highest BCUT2D eigenvalue weighted by molar-refractivity contribution is 6.32. The third kappa shape index (κ3) is 5.73. The third-order valence-electron chi connectivity index (χ3n) is 6.31. The summed E-state index contributed by atoms with van der Waals surface area (Å²) >= 11 is 6.50. The molecule has 0 unspecified atom stereocenters. The minimum atomic E-state index is -0.301. The van der Waals surface area contributed by atoms with Crippen molar-refractivity contribution in [2.75, 3.05) is 5.32 Å². The molecule has 39 heavy (non-hydrogen) atoms. The Morgan fingerprint density at radius 2 is 1.77 bits per heavy atom. The van der Waals surface area contributed by atoms with Crippen LogP contribution < -0.4 is 10.1 Å². The average Bonchev–Trinajstić information content (AvgIpc) is 3.42. The summed E-state index contributed by atoms with van der Waals surface area (Å²) in [5.41, 5.74) is 5.66. The van der Waals surface area contributed by atoms with Crippen LogP contribution in [0.1, 0.15) is 11.1 Å². The molecule has 6 rings (SSSR count). The lowest BCUT2D eigenvalue weighted by atomic mass is 10.1. The first kappa shape index (κ1) is 24.6. The minimum Gasteiger partial charge on any atom is -0.487 e. The van der Waals surface area contributed by atoms with Crippen molar-refractivity contribution in [2.24, 2.45) is 0 Å². The van der Waals surface area contributed by atoms with Gasteiger partial charge in [0.05, 0.1) is 10.5 Å². The van der Waals surface area contributed by atoms with Gasteiger partial charge in [0.15, 0.2) is 0 Å². The smallest absolute Gasteiger partial charge is 0.141 e. The van der Waals surface area contributed by atoms with Gasteiger partial charge < -0.3 is 14.6 Å². The molecular weight excluding hydrogens is 513 g/mol. The molecule has 0 saturated carbocycles. The van der Waals surface area contributed by atoms with Crippen LogP contribution in [0.2, 0.25) is 5.02 Å². The lowest BCUT2D eigenvalue weighted by Crippen LogP contribution is -1.99. The Bertz CT molecular complexity index is 1760. The molecule has 3 aromatic heterocycles. The van der Waals surface area contributed by atoms with Crippen molar-refractivity contribution in [1.82, 2.24) is 19.5 Å². The molecular formula is C31H23ClFN5O. The van der Waals surface area contributed by atoms with E-state index in [1.54, 1.807) is 36.7 Å². The lowest BCUT2D eigenvalue weighted by Gasteiger charge is -2.12. The highest BCUT2D eigenvalue weighted by atomic mass is 35.5. The van der Waals surface area contributed by atoms with Gasteiger partial charge in [-0.2, -0.15) is 0 Å². The van der Waals surface area contributed by atoms with Crippen LogP contribution in [0, 0.1) is 5.82 Å². The van der Waals surface area contributed by atoms with E-state index in [-0.39, 0.29) is 12.4 Å². The van der Waals surface area contributed by atoms with Crippen LogP contribution in [0.25, 0.3) is 22.0 Å². The molecule has 0 atom stereocenters. The molecule has 0 amide bonds. The second-order valence-corrected chi connectivity index (χ2v) is 9.48. The third-order valence-corrected chi connectivity index (χ3v) is 6.61. The van der Waals surface area contributed by atoms with Gasteiger partial charge in [-0.3, -0.25) is 4.98 Å². The van der Waals surface area contributed by atoms with Gasteiger partial charge in [0.2, 0.25) is 0 Å². The number of ether oxygens (including phenoxy) is 1. The van der Waals surface area contributed by atoms with Crippen LogP contribution in [0.3, 0.4) is 0 Å². The molecule has 0 bridgehead atoms. The van der Waals surface area contributed by atoms with Gasteiger partial charge in [0, 0.05) is 42.4 Å². The van der Waals surface area contributed by atoms with Crippen LogP contribution in [0.15, 0.2) is 110 Å². The van der Waals surface area contributed by atoms with E-state index in [0.717, 1.165) is 39.8 Å². The Hall–Kier alpha value is -4.75. The Balaban J connectivity index is 1.21. The zero-order valence-corrected chi connectivity index (χ0v) is 21.5. The van der Waals surface area contributed by atoms with E-state index >= 15 is 0 Å². The molecule has 3 aromatic carbocycles. The topological polar surface area (TPSA) is 64.9 Å². The van der Waals surface area contributed by atoms with Crippen molar-refractivity contribution in [2.45, 2.75) is 13.2 Å². The Labute approximate surface area is 229 Å². The number of nitrogens with zero attached hydrogens (tertiary/aromatic N) is 4. The maximum Gasteiger partial charge on any atom is 0.141 e. The van der Waals surface area contributed by atoms with E-state index in [1.165, 1.54) is 24.0 Å². The molecule has 0 saturated heterocycles. The van der Waals surface area contributed by atoms with E-state index in [9.17, 15) is 4.39 Å². The van der Waals surface area contributed by atoms with E-state index in [2.05, 4.69) is 55.4 Å². The number of anilines is 2. The summed E-state index contributed by atoms with van der Waals surface area (Å²) in [5.74, 6) is 0.879. The summed E-state index contributed by atoms with van der Waals surface area (Å²) in [6.45, 7) is 0.989. The molecule has 6 nitrogen and oxygen atoms in total. The van der Waals surface area contributed by atoms with Gasteiger partial charge in [-0.15, -0.1) is 0 Å². The number of aromatic nitrogens is 4. The van der Waals surface area contributed by atoms with E-state index in [1.807, 2.05) is 24.3 Å². The molecule has 192 valence electrons. The number of benzene rings is 3. The molecule has 0 fully saturated rings. The van der Waals surface area contributed by atoms with Crippen molar-refractivity contribution in [3.63, 3.8) is 0 Å². The molecule has 8 heteroatoms. The zero-order chi connectivity index (χ0) is 26.6. The summed E-state index contributed by atoms with van der Waals surface area (Å²) in [5, 5.41) is 4.69. The number of fused-ring (bicyclic) bond motifs is 1. The largest absolute Gasteiger partial charge is 0.487 e. The molecule has 0 aliphatic rings. The van der Waals surface area contributed by atoms with Gasteiger partial charge in [-0.1, -0.05) is 29.8 Å². The number of rotatable bonds is 8. The molecule has 1 N–H and O–H groups in total. The normalized spacial score (nSPS) is 11.0. The first-order valence-electron chi connectivity index (χ1n) is 12.3. The minimum absolute atomic E-state index is 0.216. The molecule has 0 aliphatic heterocycles. The molecule has 0 radical (unpaired) electrons.